The van der Waals surface area contributed by atoms with Crippen LogP contribution in [0, 0.1) is 17.0 Å². The molecule has 1 N–H and O–H groups in total. The van der Waals surface area contributed by atoms with E-state index in [-0.39, 0.29) is 22.9 Å². The highest BCUT2D eigenvalue weighted by molar-refractivity contribution is 5.78. The first-order valence-electron chi connectivity index (χ1n) is 11.8. The predicted molar refractivity (Wildman–Crippen MR) is 131 cm³/mol. The van der Waals surface area contributed by atoms with Crippen LogP contribution in [0.15, 0.2) is 60.8 Å². The number of aliphatic hydroxyl groups is 1. The molecule has 0 saturated carbocycles. The average Bonchev–Trinajstić information content (AvgIpc) is 3.19. The smallest absolute Gasteiger partial charge is 0.248 e. The summed E-state index contributed by atoms with van der Waals surface area (Å²) in [6.45, 7) is 8.61. The summed E-state index contributed by atoms with van der Waals surface area (Å²) in [4.78, 5) is 14.6. The van der Waals surface area contributed by atoms with Crippen LogP contribution in [0.2, 0.25) is 0 Å². The van der Waals surface area contributed by atoms with Crippen molar-refractivity contribution in [3.63, 3.8) is 0 Å². The number of benzene rings is 2. The zero-order valence-corrected chi connectivity index (χ0v) is 20.4. The van der Waals surface area contributed by atoms with Gasteiger partial charge in [0, 0.05) is 36.1 Å². The van der Waals surface area contributed by atoms with Gasteiger partial charge in [0.15, 0.2) is 0 Å². The van der Waals surface area contributed by atoms with Gasteiger partial charge in [0.2, 0.25) is 5.91 Å². The molecular weight excluding hydrogens is 434 g/mol. The van der Waals surface area contributed by atoms with Crippen LogP contribution in [0.3, 0.4) is 0 Å². The normalized spacial score (nSPS) is 12.6. The molecule has 1 heterocycles. The molecule has 3 rings (SSSR count). The number of aliphatic hydroxyl groups excluding tert-OH is 1. The van der Waals surface area contributed by atoms with E-state index in [0.717, 1.165) is 36.2 Å². The quantitative estimate of drug-likeness (QED) is 0.407. The van der Waals surface area contributed by atoms with Crippen LogP contribution in [-0.4, -0.2) is 33.6 Å². The highest BCUT2D eigenvalue weighted by atomic mass is 19.1. The molecular formula is C28H34F2N2O2. The van der Waals surface area contributed by atoms with Gasteiger partial charge in [0.1, 0.15) is 18.2 Å². The Bertz CT molecular complexity index is 1100. The summed E-state index contributed by atoms with van der Waals surface area (Å²) >= 11 is 0. The molecule has 0 saturated heterocycles. The topological polar surface area (TPSA) is 45.5 Å². The fourth-order valence-electron chi connectivity index (χ4n) is 4.43. The minimum atomic E-state index is -0.582. The van der Waals surface area contributed by atoms with Gasteiger partial charge >= 0.3 is 0 Å². The molecule has 0 spiro atoms. The summed E-state index contributed by atoms with van der Waals surface area (Å²) in [7, 11) is 0. The van der Waals surface area contributed by atoms with Crippen LogP contribution in [0.1, 0.15) is 57.8 Å². The lowest BCUT2D eigenvalue weighted by atomic mass is 9.83. The minimum absolute atomic E-state index is 0.175. The van der Waals surface area contributed by atoms with E-state index in [1.54, 1.807) is 4.90 Å². The van der Waals surface area contributed by atoms with Gasteiger partial charge in [-0.05, 0) is 41.7 Å². The number of hydrogen-bond donors (Lipinski definition) is 1. The van der Waals surface area contributed by atoms with Crippen LogP contribution in [0.4, 0.5) is 8.78 Å². The molecule has 1 unspecified atom stereocenters. The van der Waals surface area contributed by atoms with Crippen molar-refractivity contribution in [1.29, 1.82) is 0 Å². The third-order valence-electron chi connectivity index (χ3n) is 5.99. The molecule has 0 radical (unpaired) electrons. The molecule has 182 valence electrons. The number of amides is 1. The molecule has 0 fully saturated rings. The van der Waals surface area contributed by atoms with E-state index < -0.39 is 18.2 Å². The number of aromatic nitrogens is 1. The SMILES string of the molecule is CCCCN(C(=O)CO)C(c1cc(-c2cc(F)ccc2F)cn1Cc1ccccc1)C(C)(C)C. The Labute approximate surface area is 200 Å². The molecule has 2 aromatic carbocycles. The third-order valence-corrected chi connectivity index (χ3v) is 5.99. The van der Waals surface area contributed by atoms with E-state index in [1.165, 1.54) is 6.07 Å². The number of nitrogens with zero attached hydrogens (tertiary/aromatic N) is 2. The van der Waals surface area contributed by atoms with Gasteiger partial charge in [-0.15, -0.1) is 0 Å². The Morgan fingerprint density at radius 2 is 1.79 bits per heavy atom. The van der Waals surface area contributed by atoms with Crippen LogP contribution in [0.25, 0.3) is 11.1 Å². The molecule has 6 heteroatoms. The lowest BCUT2D eigenvalue weighted by Gasteiger charge is -2.41. The minimum Gasteiger partial charge on any atom is -0.387 e. The maximum absolute atomic E-state index is 14.7. The van der Waals surface area contributed by atoms with Crippen molar-refractivity contribution in [2.45, 2.75) is 53.1 Å². The Kier molecular flexibility index (Phi) is 8.26. The molecule has 34 heavy (non-hydrogen) atoms. The molecule has 1 amide bonds. The predicted octanol–water partition coefficient (Wildman–Crippen LogP) is 6.19. The van der Waals surface area contributed by atoms with Crippen LogP contribution in [-0.2, 0) is 11.3 Å². The molecule has 4 nitrogen and oxygen atoms in total. The van der Waals surface area contributed by atoms with Crippen molar-refractivity contribution in [1.82, 2.24) is 9.47 Å². The van der Waals surface area contributed by atoms with Crippen LogP contribution < -0.4 is 0 Å². The monoisotopic (exact) mass is 468 g/mol. The summed E-state index contributed by atoms with van der Waals surface area (Å²) in [6.07, 6.45) is 3.51. The van der Waals surface area contributed by atoms with Gasteiger partial charge < -0.3 is 14.6 Å². The zero-order chi connectivity index (χ0) is 24.9. The third kappa shape index (κ3) is 5.92. The van der Waals surface area contributed by atoms with Gasteiger partial charge in [-0.1, -0.05) is 64.4 Å². The Hall–Kier alpha value is -2.99. The number of carbonyl (C=O) groups excluding carboxylic acids is 1. The highest BCUT2D eigenvalue weighted by Gasteiger charge is 2.36. The van der Waals surface area contributed by atoms with Gasteiger partial charge in [0.25, 0.3) is 0 Å². The Morgan fingerprint density at radius 3 is 2.41 bits per heavy atom. The van der Waals surface area contributed by atoms with Crippen molar-refractivity contribution >= 4 is 5.91 Å². The second-order valence-corrected chi connectivity index (χ2v) is 9.76. The summed E-state index contributed by atoms with van der Waals surface area (Å²) < 4.78 is 30.7. The summed E-state index contributed by atoms with van der Waals surface area (Å²) in [5.41, 5.74) is 2.20. The maximum Gasteiger partial charge on any atom is 0.248 e. The summed E-state index contributed by atoms with van der Waals surface area (Å²) in [5.74, 6) is -1.37. The Morgan fingerprint density at radius 1 is 1.09 bits per heavy atom. The standard InChI is InChI=1S/C28H34F2N2O2/c1-5-6-14-32(26(34)19-33)27(28(2,3)4)25-15-21(23-16-22(29)12-13-24(23)30)18-31(25)17-20-10-8-7-9-11-20/h7-13,15-16,18,27,33H,5-6,14,17,19H2,1-4H3. The van der Waals surface area contributed by atoms with E-state index in [2.05, 4.69) is 6.92 Å². The van der Waals surface area contributed by atoms with Gasteiger partial charge in [-0.25, -0.2) is 8.78 Å². The number of unbranched alkanes of at least 4 members (excludes halogenated alkanes) is 1. The molecule has 1 atom stereocenters. The molecule has 3 aromatic rings. The van der Waals surface area contributed by atoms with Gasteiger partial charge in [-0.3, -0.25) is 4.79 Å². The van der Waals surface area contributed by atoms with Gasteiger partial charge in [-0.2, -0.15) is 0 Å². The zero-order valence-electron chi connectivity index (χ0n) is 20.4. The van der Waals surface area contributed by atoms with E-state index in [4.69, 9.17) is 0 Å². The molecule has 0 aliphatic heterocycles. The number of hydrogen-bond acceptors (Lipinski definition) is 2. The first kappa shape index (κ1) is 25.6. The fraction of sp³-hybridized carbons (Fsp3) is 0.393. The van der Waals surface area contributed by atoms with Crippen molar-refractivity contribution in [2.24, 2.45) is 5.41 Å². The second kappa shape index (κ2) is 11.0. The van der Waals surface area contributed by atoms with E-state index in [0.29, 0.717) is 18.7 Å². The van der Waals surface area contributed by atoms with Crippen molar-refractivity contribution in [3.05, 3.63) is 83.7 Å². The molecule has 1 aromatic heterocycles. The van der Waals surface area contributed by atoms with E-state index in [1.807, 2.05) is 67.9 Å². The Balaban J connectivity index is 2.20. The molecule has 0 aliphatic rings. The van der Waals surface area contributed by atoms with Crippen molar-refractivity contribution in [2.75, 3.05) is 13.2 Å². The average molecular weight is 469 g/mol. The largest absolute Gasteiger partial charge is 0.387 e. The first-order chi connectivity index (χ1) is 16.2. The van der Waals surface area contributed by atoms with E-state index >= 15 is 0 Å². The van der Waals surface area contributed by atoms with Gasteiger partial charge in [0.05, 0.1) is 6.04 Å². The lowest BCUT2D eigenvalue weighted by Crippen LogP contribution is -2.43. The summed E-state index contributed by atoms with van der Waals surface area (Å²) in [6, 6.07) is 14.8. The number of carbonyl (C=O) groups is 1. The van der Waals surface area contributed by atoms with Crippen LogP contribution in [0.5, 0.6) is 0 Å². The van der Waals surface area contributed by atoms with Crippen molar-refractivity contribution in [3.8, 4) is 11.1 Å². The lowest BCUT2D eigenvalue weighted by molar-refractivity contribution is -0.139. The summed E-state index contributed by atoms with van der Waals surface area (Å²) in [5, 5.41) is 9.73. The maximum atomic E-state index is 14.7. The first-order valence-corrected chi connectivity index (χ1v) is 11.8. The molecule has 0 bridgehead atoms. The van der Waals surface area contributed by atoms with Crippen molar-refractivity contribution < 1.29 is 18.7 Å². The van der Waals surface area contributed by atoms with E-state index in [9.17, 15) is 18.7 Å². The number of rotatable bonds is 9. The number of halogens is 2. The highest BCUT2D eigenvalue weighted by Crippen LogP contribution is 2.41. The molecule has 0 aliphatic carbocycles. The second-order valence-electron chi connectivity index (χ2n) is 9.76. The fourth-order valence-corrected chi connectivity index (χ4v) is 4.43. The van der Waals surface area contributed by atoms with Crippen LogP contribution >= 0.6 is 0 Å².